The van der Waals surface area contributed by atoms with Crippen LogP contribution in [-0.2, 0) is 6.42 Å². The molecule has 0 radical (unpaired) electrons. The van der Waals surface area contributed by atoms with Crippen molar-refractivity contribution in [2.75, 3.05) is 6.54 Å². The van der Waals surface area contributed by atoms with Gasteiger partial charge in [-0.15, -0.1) is 0 Å². The van der Waals surface area contributed by atoms with Gasteiger partial charge in [-0.1, -0.05) is 50.1 Å². The van der Waals surface area contributed by atoms with E-state index in [1.54, 1.807) is 6.20 Å². The summed E-state index contributed by atoms with van der Waals surface area (Å²) in [7, 11) is 0. The van der Waals surface area contributed by atoms with Crippen LogP contribution in [0.3, 0.4) is 0 Å². The molecular formula is C23H32N4S. The molecule has 1 unspecified atom stereocenters. The third-order valence-electron chi connectivity index (χ3n) is 6.53. The largest absolute Gasteiger partial charge is 0.404 e. The Morgan fingerprint density at radius 3 is 2.75 bits per heavy atom. The first-order chi connectivity index (χ1) is 13.7. The summed E-state index contributed by atoms with van der Waals surface area (Å²) in [6, 6.07) is 9.26. The lowest BCUT2D eigenvalue weighted by Gasteiger charge is -2.40. The van der Waals surface area contributed by atoms with Crippen molar-refractivity contribution in [3.8, 4) is 0 Å². The first-order valence-electron chi connectivity index (χ1n) is 10.6. The SMILES string of the molecule is C=C(NSC(=CN)C1=NCCCC1)NC1c2ccccc2CC12CCCCC2. The summed E-state index contributed by atoms with van der Waals surface area (Å²) < 4.78 is 3.39. The summed E-state index contributed by atoms with van der Waals surface area (Å²) >= 11 is 1.53. The van der Waals surface area contributed by atoms with Crippen LogP contribution in [0.15, 0.2) is 52.8 Å². The zero-order valence-corrected chi connectivity index (χ0v) is 17.5. The van der Waals surface area contributed by atoms with Crippen LogP contribution in [0.4, 0.5) is 0 Å². The standard InChI is InChI=1S/C23H32N4S/c1-17(27-28-21(16-24)20-11-5-8-14-25-20)26-22-19-10-4-3-9-18(19)15-23(22)12-6-2-7-13-23/h3-4,9-10,16,22,26-27H,1-2,5-8,11-15,24H2. The van der Waals surface area contributed by atoms with Gasteiger partial charge in [0.2, 0.25) is 0 Å². The van der Waals surface area contributed by atoms with Crippen LogP contribution in [0.2, 0.25) is 0 Å². The Balaban J connectivity index is 1.44. The molecule has 3 aliphatic rings. The summed E-state index contributed by atoms with van der Waals surface area (Å²) in [5.41, 5.74) is 10.3. The minimum atomic E-state index is 0.331. The normalized spacial score (nSPS) is 23.8. The molecule has 28 heavy (non-hydrogen) atoms. The predicted octanol–water partition coefficient (Wildman–Crippen LogP) is 4.96. The van der Waals surface area contributed by atoms with E-state index in [1.807, 2.05) is 0 Å². The average molecular weight is 397 g/mol. The quantitative estimate of drug-likeness (QED) is 0.595. The van der Waals surface area contributed by atoms with Crippen LogP contribution in [0.5, 0.6) is 0 Å². The van der Waals surface area contributed by atoms with Gasteiger partial charge in [-0.2, -0.15) is 0 Å². The van der Waals surface area contributed by atoms with Crippen molar-refractivity contribution in [3.05, 3.63) is 58.9 Å². The lowest BCUT2D eigenvalue weighted by atomic mass is 9.69. The molecule has 4 N–H and O–H groups in total. The van der Waals surface area contributed by atoms with Gasteiger partial charge in [-0.3, -0.25) is 4.99 Å². The number of rotatable bonds is 6. The Labute approximate surface area is 173 Å². The number of nitrogens with zero attached hydrogens (tertiary/aromatic N) is 1. The highest BCUT2D eigenvalue weighted by molar-refractivity contribution is 8.02. The van der Waals surface area contributed by atoms with Crippen LogP contribution < -0.4 is 15.8 Å². The molecule has 1 atom stereocenters. The smallest absolute Gasteiger partial charge is 0.102 e. The number of fused-ring (bicyclic) bond motifs is 1. The maximum absolute atomic E-state index is 5.87. The van der Waals surface area contributed by atoms with E-state index in [9.17, 15) is 0 Å². The summed E-state index contributed by atoms with van der Waals surface area (Å²) in [6.45, 7) is 5.18. The van der Waals surface area contributed by atoms with Crippen molar-refractivity contribution in [1.29, 1.82) is 0 Å². The van der Waals surface area contributed by atoms with Gasteiger partial charge in [0, 0.05) is 12.7 Å². The second-order valence-corrected chi connectivity index (χ2v) is 9.22. The van der Waals surface area contributed by atoms with Crippen molar-refractivity contribution >= 4 is 17.7 Å². The van der Waals surface area contributed by atoms with Crippen molar-refractivity contribution in [2.45, 2.75) is 63.8 Å². The van der Waals surface area contributed by atoms with E-state index in [4.69, 9.17) is 5.73 Å². The van der Waals surface area contributed by atoms with Crippen LogP contribution in [-0.4, -0.2) is 12.3 Å². The second kappa shape index (κ2) is 8.64. The molecule has 5 heteroatoms. The van der Waals surface area contributed by atoms with E-state index in [1.165, 1.54) is 74.4 Å². The highest BCUT2D eigenvalue weighted by Crippen LogP contribution is 2.54. The lowest BCUT2D eigenvalue weighted by molar-refractivity contribution is 0.145. The zero-order chi connectivity index (χ0) is 19.4. The van der Waals surface area contributed by atoms with Gasteiger partial charge < -0.3 is 15.8 Å². The van der Waals surface area contributed by atoms with Crippen molar-refractivity contribution < 1.29 is 0 Å². The lowest BCUT2D eigenvalue weighted by Crippen LogP contribution is -2.38. The Morgan fingerprint density at radius 1 is 1.18 bits per heavy atom. The Morgan fingerprint density at radius 2 is 2.00 bits per heavy atom. The van der Waals surface area contributed by atoms with Gasteiger partial charge >= 0.3 is 0 Å². The molecule has 1 fully saturated rings. The molecule has 0 saturated heterocycles. The summed E-state index contributed by atoms with van der Waals surface area (Å²) in [5, 5.41) is 3.74. The number of allylic oxidation sites excluding steroid dienone is 1. The first-order valence-corrected chi connectivity index (χ1v) is 11.5. The van der Waals surface area contributed by atoms with E-state index in [0.29, 0.717) is 11.5 Å². The number of benzene rings is 1. The number of aliphatic imine (C=N–C) groups is 1. The minimum Gasteiger partial charge on any atom is -0.404 e. The molecule has 1 aromatic carbocycles. The van der Waals surface area contributed by atoms with Gasteiger partial charge in [0.1, 0.15) is 5.82 Å². The molecule has 150 valence electrons. The van der Waals surface area contributed by atoms with Gasteiger partial charge in [0.05, 0.1) is 16.7 Å². The molecule has 0 aromatic heterocycles. The van der Waals surface area contributed by atoms with Crippen LogP contribution >= 0.6 is 11.9 Å². The fourth-order valence-corrected chi connectivity index (χ4v) is 5.79. The fourth-order valence-electron chi connectivity index (χ4n) is 5.15. The zero-order valence-electron chi connectivity index (χ0n) is 16.7. The van der Waals surface area contributed by atoms with Gasteiger partial charge in [-0.05, 0) is 67.0 Å². The maximum Gasteiger partial charge on any atom is 0.102 e. The van der Waals surface area contributed by atoms with Crippen LogP contribution in [0.25, 0.3) is 0 Å². The molecule has 0 bridgehead atoms. The van der Waals surface area contributed by atoms with Crippen LogP contribution in [0, 0.1) is 5.41 Å². The van der Waals surface area contributed by atoms with E-state index in [2.05, 4.69) is 45.9 Å². The molecular weight excluding hydrogens is 364 g/mol. The molecule has 4 nitrogen and oxygen atoms in total. The summed E-state index contributed by atoms with van der Waals surface area (Å²) in [6.07, 6.45) is 12.9. The Hall–Kier alpha value is -1.88. The average Bonchev–Trinajstić information content (AvgIpc) is 3.02. The van der Waals surface area contributed by atoms with Crippen molar-refractivity contribution in [3.63, 3.8) is 0 Å². The van der Waals surface area contributed by atoms with Crippen LogP contribution in [0.1, 0.15) is 68.5 Å². The second-order valence-electron chi connectivity index (χ2n) is 8.38. The topological polar surface area (TPSA) is 62.4 Å². The van der Waals surface area contributed by atoms with E-state index in [-0.39, 0.29) is 0 Å². The first kappa shape index (κ1) is 19.4. The predicted molar refractivity (Wildman–Crippen MR) is 120 cm³/mol. The van der Waals surface area contributed by atoms with E-state index >= 15 is 0 Å². The van der Waals surface area contributed by atoms with Gasteiger partial charge in [0.25, 0.3) is 0 Å². The third kappa shape index (κ3) is 3.95. The highest BCUT2D eigenvalue weighted by Gasteiger charge is 2.46. The third-order valence-corrected chi connectivity index (χ3v) is 7.47. The van der Waals surface area contributed by atoms with Crippen molar-refractivity contribution in [1.82, 2.24) is 10.0 Å². The van der Waals surface area contributed by atoms with E-state index in [0.717, 1.165) is 29.4 Å². The molecule has 2 aliphatic carbocycles. The Kier molecular flexibility index (Phi) is 6.00. The fraction of sp³-hybridized carbons (Fsp3) is 0.522. The number of hydrogen-bond donors (Lipinski definition) is 3. The molecule has 1 heterocycles. The highest BCUT2D eigenvalue weighted by atomic mass is 32.2. The maximum atomic E-state index is 5.87. The summed E-state index contributed by atoms with van der Waals surface area (Å²) in [4.78, 5) is 5.65. The molecule has 1 aromatic rings. The summed E-state index contributed by atoms with van der Waals surface area (Å²) in [5.74, 6) is 0.854. The monoisotopic (exact) mass is 396 g/mol. The molecule has 4 rings (SSSR count). The number of nitrogens with two attached hydrogens (primary N) is 1. The molecule has 1 saturated carbocycles. The Bertz CT molecular complexity index is 777. The van der Waals surface area contributed by atoms with Crippen molar-refractivity contribution in [2.24, 2.45) is 16.1 Å². The molecule has 1 aliphatic heterocycles. The van der Waals surface area contributed by atoms with Gasteiger partial charge in [-0.25, -0.2) is 0 Å². The number of nitrogens with one attached hydrogen (secondary N) is 2. The number of hydrogen-bond acceptors (Lipinski definition) is 5. The van der Waals surface area contributed by atoms with Gasteiger partial charge in [0.15, 0.2) is 0 Å². The molecule has 0 amide bonds. The van der Waals surface area contributed by atoms with E-state index < -0.39 is 0 Å². The molecule has 1 spiro atoms. The minimum absolute atomic E-state index is 0.331.